The summed E-state index contributed by atoms with van der Waals surface area (Å²) in [5.74, 6) is -1.16. The lowest BCUT2D eigenvalue weighted by molar-refractivity contribution is -0.870. The highest BCUT2D eigenvalue weighted by Gasteiger charge is 2.22. The van der Waals surface area contributed by atoms with E-state index in [1.165, 1.54) is 0 Å². The fourth-order valence-corrected chi connectivity index (χ4v) is 5.99. The number of quaternary nitrogens is 1. The topological polar surface area (TPSA) is 152 Å². The third kappa shape index (κ3) is 40.3. The lowest BCUT2D eigenvalue weighted by Crippen LogP contribution is -2.37. The molecule has 60 heavy (non-hydrogen) atoms. The van der Waals surface area contributed by atoms with Gasteiger partial charge in [-0.25, -0.2) is 0 Å². The molecule has 0 saturated carbocycles. The third-order valence-corrected chi connectivity index (χ3v) is 9.76. The molecule has 0 heterocycles. The Labute approximate surface area is 363 Å². The van der Waals surface area contributed by atoms with Gasteiger partial charge in [-0.05, 0) is 89.9 Å². The van der Waals surface area contributed by atoms with Crippen molar-refractivity contribution in [1.82, 2.24) is 0 Å². The summed E-state index contributed by atoms with van der Waals surface area (Å²) in [6, 6.07) is 0. The highest BCUT2D eigenvalue weighted by molar-refractivity contribution is 7.45. The van der Waals surface area contributed by atoms with Crippen LogP contribution in [0.5, 0.6) is 0 Å². The molecule has 2 N–H and O–H groups in total. The van der Waals surface area contributed by atoms with Crippen LogP contribution in [-0.2, 0) is 32.7 Å². The number of unbranched alkanes of at least 4 members (excludes halogenated alkanes) is 4. The number of aliphatic hydroxyl groups excluding tert-OH is 2. The molecule has 0 rings (SSSR count). The summed E-state index contributed by atoms with van der Waals surface area (Å²) in [5.41, 5.74) is 0. The first-order valence-electron chi connectivity index (χ1n) is 22.1. The first-order chi connectivity index (χ1) is 28.8. The number of esters is 2. The van der Waals surface area contributed by atoms with Gasteiger partial charge in [0.15, 0.2) is 6.10 Å². The average molecular weight is 862 g/mol. The van der Waals surface area contributed by atoms with Gasteiger partial charge in [0.25, 0.3) is 7.82 Å². The Balaban J connectivity index is 4.66. The molecule has 342 valence electrons. The second kappa shape index (κ2) is 38.7. The van der Waals surface area contributed by atoms with E-state index >= 15 is 0 Å². The van der Waals surface area contributed by atoms with Crippen LogP contribution in [-0.4, -0.2) is 92.5 Å². The maximum absolute atomic E-state index is 12.7. The Morgan fingerprint density at radius 2 is 1.08 bits per heavy atom. The largest absolute Gasteiger partial charge is 0.756 e. The van der Waals surface area contributed by atoms with Crippen molar-refractivity contribution in [3.63, 3.8) is 0 Å². The molecule has 0 radical (unpaired) electrons. The van der Waals surface area contributed by atoms with Gasteiger partial charge in [0.2, 0.25) is 0 Å². The van der Waals surface area contributed by atoms with E-state index in [0.29, 0.717) is 17.4 Å². The fourth-order valence-electron chi connectivity index (χ4n) is 5.26. The number of nitrogens with zero attached hydrogens (tertiary/aromatic N) is 1. The van der Waals surface area contributed by atoms with Crippen LogP contribution < -0.4 is 4.89 Å². The summed E-state index contributed by atoms with van der Waals surface area (Å²) in [6.45, 7) is 3.60. The number of phosphoric ester groups is 1. The Morgan fingerprint density at radius 1 is 0.600 bits per heavy atom. The molecule has 0 spiro atoms. The van der Waals surface area contributed by atoms with E-state index in [0.717, 1.165) is 77.0 Å². The van der Waals surface area contributed by atoms with E-state index in [1.807, 2.05) is 39.4 Å². The minimum Gasteiger partial charge on any atom is -0.756 e. The predicted octanol–water partition coefficient (Wildman–Crippen LogP) is 9.88. The molecule has 0 amide bonds. The molecule has 0 aliphatic heterocycles. The van der Waals surface area contributed by atoms with Gasteiger partial charge in [-0.1, -0.05) is 124 Å². The number of phosphoric acid groups is 1. The molecular formula is C48H80NO10P. The van der Waals surface area contributed by atoms with Crippen LogP contribution in [0, 0.1) is 0 Å². The number of hydrogen-bond acceptors (Lipinski definition) is 10. The van der Waals surface area contributed by atoms with Crippen molar-refractivity contribution in [1.29, 1.82) is 0 Å². The molecule has 0 aromatic heterocycles. The van der Waals surface area contributed by atoms with Crippen LogP contribution in [0.25, 0.3) is 0 Å². The summed E-state index contributed by atoms with van der Waals surface area (Å²) in [6.07, 6.45) is 43.2. The molecule has 0 bridgehead atoms. The molecule has 0 aliphatic carbocycles. The minimum absolute atomic E-state index is 0.0512. The predicted molar refractivity (Wildman–Crippen MR) is 243 cm³/mol. The molecule has 0 aromatic rings. The molecule has 11 nitrogen and oxygen atoms in total. The first-order valence-corrected chi connectivity index (χ1v) is 23.6. The van der Waals surface area contributed by atoms with Gasteiger partial charge in [0.1, 0.15) is 19.8 Å². The average Bonchev–Trinajstić information content (AvgIpc) is 3.19. The van der Waals surface area contributed by atoms with E-state index in [9.17, 15) is 29.3 Å². The molecule has 12 heteroatoms. The van der Waals surface area contributed by atoms with Gasteiger partial charge in [0, 0.05) is 12.8 Å². The van der Waals surface area contributed by atoms with Crippen LogP contribution in [0.3, 0.4) is 0 Å². The van der Waals surface area contributed by atoms with E-state index in [2.05, 4.69) is 92.8 Å². The van der Waals surface area contributed by atoms with Gasteiger partial charge >= 0.3 is 11.9 Å². The Bertz CT molecular complexity index is 1380. The number of likely N-dealkylation sites (N-methyl/N-ethyl adjacent to an activating group) is 1. The van der Waals surface area contributed by atoms with Crippen molar-refractivity contribution in [3.8, 4) is 0 Å². The lowest BCUT2D eigenvalue weighted by Gasteiger charge is -2.28. The second-order valence-electron chi connectivity index (χ2n) is 15.6. The Hall–Kier alpha value is -3.15. The fraction of sp³-hybridized carbons (Fsp3) is 0.625. The van der Waals surface area contributed by atoms with Crippen LogP contribution in [0.4, 0.5) is 0 Å². The van der Waals surface area contributed by atoms with Crippen molar-refractivity contribution < 1.29 is 52.3 Å². The van der Waals surface area contributed by atoms with Crippen LogP contribution in [0.2, 0.25) is 0 Å². The van der Waals surface area contributed by atoms with Crippen molar-refractivity contribution in [2.75, 3.05) is 47.5 Å². The summed E-state index contributed by atoms with van der Waals surface area (Å²) < 4.78 is 33.6. The maximum atomic E-state index is 12.7. The van der Waals surface area contributed by atoms with Crippen LogP contribution >= 0.6 is 7.82 Å². The highest BCUT2D eigenvalue weighted by atomic mass is 31.2. The maximum Gasteiger partial charge on any atom is 0.306 e. The summed E-state index contributed by atoms with van der Waals surface area (Å²) in [7, 11) is 0.974. The normalized spacial score (nSPS) is 15.5. The van der Waals surface area contributed by atoms with Crippen molar-refractivity contribution in [2.24, 2.45) is 0 Å². The van der Waals surface area contributed by atoms with Crippen molar-refractivity contribution in [3.05, 3.63) is 97.2 Å². The molecular weight excluding hydrogens is 781 g/mol. The number of allylic oxidation sites excluding steroid dienone is 15. The summed E-state index contributed by atoms with van der Waals surface area (Å²) in [4.78, 5) is 37.6. The molecule has 4 atom stereocenters. The number of rotatable bonds is 38. The van der Waals surface area contributed by atoms with Crippen molar-refractivity contribution in [2.45, 2.75) is 148 Å². The Morgan fingerprint density at radius 3 is 1.62 bits per heavy atom. The van der Waals surface area contributed by atoms with Gasteiger partial charge in [-0.15, -0.1) is 0 Å². The summed E-state index contributed by atoms with van der Waals surface area (Å²) >= 11 is 0. The quantitative estimate of drug-likeness (QED) is 0.0202. The minimum atomic E-state index is -4.71. The number of carbonyl (C=O) groups is 2. The van der Waals surface area contributed by atoms with Crippen LogP contribution in [0.1, 0.15) is 129 Å². The SMILES string of the molecule is CC/C=C\C/C=C\C/C=C\C/C=C\CCCCCCC(=O)O[C@H](COC(=O)CCC[C@H](O)[C@@H](O)C/C=C\C/C=C\C/C=C\C/C=C\CC)COP(=O)([O-])OCC[N+](C)(C)C. The number of ether oxygens (including phenoxy) is 2. The van der Waals surface area contributed by atoms with E-state index in [-0.39, 0.29) is 38.7 Å². The molecule has 0 fully saturated rings. The van der Waals surface area contributed by atoms with E-state index < -0.39 is 51.3 Å². The zero-order valence-electron chi connectivity index (χ0n) is 37.6. The highest BCUT2D eigenvalue weighted by Crippen LogP contribution is 2.38. The molecule has 0 aromatic carbocycles. The Kier molecular flexibility index (Phi) is 36.7. The molecule has 1 unspecified atom stereocenters. The molecule has 0 aliphatic rings. The third-order valence-electron chi connectivity index (χ3n) is 8.80. The van der Waals surface area contributed by atoms with E-state index in [4.69, 9.17) is 18.5 Å². The van der Waals surface area contributed by atoms with Gasteiger partial charge in [-0.2, -0.15) is 0 Å². The monoisotopic (exact) mass is 862 g/mol. The van der Waals surface area contributed by atoms with Gasteiger partial charge in [-0.3, -0.25) is 14.2 Å². The zero-order valence-corrected chi connectivity index (χ0v) is 38.5. The van der Waals surface area contributed by atoms with Crippen LogP contribution in [0.15, 0.2) is 97.2 Å². The second-order valence-corrected chi connectivity index (χ2v) is 17.0. The molecule has 0 saturated heterocycles. The smallest absolute Gasteiger partial charge is 0.306 e. The van der Waals surface area contributed by atoms with Gasteiger partial charge in [0.05, 0.1) is 40.0 Å². The van der Waals surface area contributed by atoms with Gasteiger partial charge < -0.3 is 38.1 Å². The van der Waals surface area contributed by atoms with E-state index in [1.54, 1.807) is 0 Å². The standard InChI is InChI=1S/C48H80NO10P/c1-6-8-10-12-14-16-18-20-21-22-23-24-26-28-30-32-34-38-48(53)59-44(43-58-60(54,55)57-41-40-49(3,4)5)42-56-47(52)39-35-37-46(51)45(50)36-33-31-29-27-25-19-17-15-13-11-9-7-2/h8-11,14-17,20-21,23-25,27,31,33,44-46,50-51H,6-7,12-13,18-19,22,26,28-30,32,34-43H2,1-5H3/b10-8-,11-9-,16-14-,17-15-,21-20-,24-23-,27-25-,33-31-/t44-,45+,46+/m1/s1. The van der Waals surface area contributed by atoms with Crippen molar-refractivity contribution >= 4 is 19.8 Å². The number of carbonyl (C=O) groups excluding carboxylic acids is 2. The number of hydrogen-bond donors (Lipinski definition) is 2. The summed E-state index contributed by atoms with van der Waals surface area (Å²) in [5, 5.41) is 20.7. The number of aliphatic hydroxyl groups is 2. The zero-order chi connectivity index (χ0) is 44.6. The first kappa shape index (κ1) is 56.9. The lowest BCUT2D eigenvalue weighted by atomic mass is 10.0.